The molecule has 0 spiro atoms. The van der Waals surface area contributed by atoms with Crippen LogP contribution in [0.1, 0.15) is 41.4 Å². The Balaban J connectivity index is 1.56. The zero-order valence-electron chi connectivity index (χ0n) is 14.0. The molecule has 1 unspecified atom stereocenters. The number of anilines is 1. The van der Waals surface area contributed by atoms with Crippen molar-refractivity contribution in [3.8, 4) is 0 Å². The van der Waals surface area contributed by atoms with Gasteiger partial charge >= 0.3 is 0 Å². The van der Waals surface area contributed by atoms with E-state index in [1.165, 1.54) is 24.9 Å². The average Bonchev–Trinajstić information content (AvgIpc) is 3.06. The molecule has 0 aliphatic carbocycles. The fourth-order valence-electron chi connectivity index (χ4n) is 3.08. The quantitative estimate of drug-likeness (QED) is 0.879. The lowest BCUT2D eigenvalue weighted by molar-refractivity contribution is 0.0911. The molecule has 1 atom stereocenters. The summed E-state index contributed by atoms with van der Waals surface area (Å²) in [7, 11) is 1.76. The van der Waals surface area contributed by atoms with Gasteiger partial charge in [0.05, 0.1) is 5.69 Å². The number of aryl methyl sites for hydroxylation is 1. The zero-order valence-corrected chi connectivity index (χ0v) is 14.0. The molecule has 1 aliphatic rings. The summed E-state index contributed by atoms with van der Waals surface area (Å²) in [6.45, 7) is 2.33. The maximum atomic E-state index is 12.2. The van der Waals surface area contributed by atoms with E-state index in [2.05, 4.69) is 15.3 Å². The van der Waals surface area contributed by atoms with Gasteiger partial charge in [0.15, 0.2) is 0 Å². The van der Waals surface area contributed by atoms with Gasteiger partial charge in [-0.3, -0.25) is 9.48 Å². The van der Waals surface area contributed by atoms with Crippen molar-refractivity contribution in [2.24, 2.45) is 7.05 Å². The smallest absolute Gasteiger partial charge is 0.251 e. The van der Waals surface area contributed by atoms with Gasteiger partial charge in [0, 0.05) is 44.1 Å². The molecule has 24 heavy (non-hydrogen) atoms. The van der Waals surface area contributed by atoms with E-state index in [0.717, 1.165) is 13.1 Å². The van der Waals surface area contributed by atoms with Gasteiger partial charge < -0.3 is 15.3 Å². The van der Waals surface area contributed by atoms with Crippen molar-refractivity contribution in [3.05, 3.63) is 47.8 Å². The SMILES string of the molecule is Cn1nccc1C(O)CNC(=O)c1ccc(N2CCCCC2)cc1. The van der Waals surface area contributed by atoms with E-state index in [1.54, 1.807) is 24.0 Å². The van der Waals surface area contributed by atoms with E-state index < -0.39 is 6.10 Å². The Morgan fingerprint density at radius 2 is 1.92 bits per heavy atom. The van der Waals surface area contributed by atoms with Gasteiger partial charge in [-0.15, -0.1) is 0 Å². The molecular weight excluding hydrogens is 304 g/mol. The van der Waals surface area contributed by atoms with Gasteiger partial charge in [-0.25, -0.2) is 0 Å². The second kappa shape index (κ2) is 7.49. The number of piperidine rings is 1. The van der Waals surface area contributed by atoms with Crippen LogP contribution >= 0.6 is 0 Å². The molecule has 2 N–H and O–H groups in total. The highest BCUT2D eigenvalue weighted by atomic mass is 16.3. The number of amides is 1. The van der Waals surface area contributed by atoms with Gasteiger partial charge in [-0.05, 0) is 49.6 Å². The fraction of sp³-hybridized carbons (Fsp3) is 0.444. The predicted octanol–water partition coefficient (Wildman–Crippen LogP) is 1.87. The Hall–Kier alpha value is -2.34. The molecule has 2 heterocycles. The summed E-state index contributed by atoms with van der Waals surface area (Å²) in [6, 6.07) is 9.42. The second-order valence-corrected chi connectivity index (χ2v) is 6.20. The Bertz CT molecular complexity index is 675. The number of aliphatic hydroxyl groups excluding tert-OH is 1. The largest absolute Gasteiger partial charge is 0.385 e. The summed E-state index contributed by atoms with van der Waals surface area (Å²) >= 11 is 0. The number of hydrogen-bond acceptors (Lipinski definition) is 4. The van der Waals surface area contributed by atoms with Crippen molar-refractivity contribution in [1.82, 2.24) is 15.1 Å². The second-order valence-electron chi connectivity index (χ2n) is 6.20. The van der Waals surface area contributed by atoms with E-state index in [-0.39, 0.29) is 12.5 Å². The fourth-order valence-corrected chi connectivity index (χ4v) is 3.08. The molecule has 2 aromatic rings. The summed E-state index contributed by atoms with van der Waals surface area (Å²) in [5.41, 5.74) is 2.45. The van der Waals surface area contributed by atoms with Crippen molar-refractivity contribution < 1.29 is 9.90 Å². The molecule has 1 aromatic heterocycles. The normalized spacial score (nSPS) is 16.0. The number of nitrogens with zero attached hydrogens (tertiary/aromatic N) is 3. The number of carbonyl (C=O) groups excluding carboxylic acids is 1. The van der Waals surface area contributed by atoms with Crippen LogP contribution in [0.15, 0.2) is 36.5 Å². The minimum atomic E-state index is -0.769. The van der Waals surface area contributed by atoms with Crippen LogP contribution in [-0.2, 0) is 7.05 Å². The number of aliphatic hydroxyl groups is 1. The molecule has 128 valence electrons. The number of hydrogen-bond donors (Lipinski definition) is 2. The van der Waals surface area contributed by atoms with Gasteiger partial charge in [-0.2, -0.15) is 5.10 Å². The van der Waals surface area contributed by atoms with Crippen molar-refractivity contribution in [1.29, 1.82) is 0 Å². The zero-order chi connectivity index (χ0) is 16.9. The number of nitrogens with one attached hydrogen (secondary N) is 1. The van der Waals surface area contributed by atoms with E-state index in [0.29, 0.717) is 11.3 Å². The van der Waals surface area contributed by atoms with E-state index in [1.807, 2.05) is 24.3 Å². The number of benzene rings is 1. The van der Waals surface area contributed by atoms with Gasteiger partial charge in [0.25, 0.3) is 5.91 Å². The highest BCUT2D eigenvalue weighted by Crippen LogP contribution is 2.20. The average molecular weight is 328 g/mol. The van der Waals surface area contributed by atoms with Gasteiger partial charge in [-0.1, -0.05) is 0 Å². The topological polar surface area (TPSA) is 70.4 Å². The molecule has 1 aliphatic heterocycles. The van der Waals surface area contributed by atoms with Crippen LogP contribution < -0.4 is 10.2 Å². The Morgan fingerprint density at radius 1 is 1.21 bits per heavy atom. The monoisotopic (exact) mass is 328 g/mol. The number of rotatable bonds is 5. The molecule has 6 nitrogen and oxygen atoms in total. The molecule has 6 heteroatoms. The lowest BCUT2D eigenvalue weighted by atomic mass is 10.1. The summed E-state index contributed by atoms with van der Waals surface area (Å²) in [4.78, 5) is 14.6. The van der Waals surface area contributed by atoms with Crippen molar-refractivity contribution in [2.75, 3.05) is 24.5 Å². The molecule has 0 bridgehead atoms. The molecular formula is C18H24N4O2. The van der Waals surface area contributed by atoms with E-state index in [9.17, 15) is 9.90 Å². The third kappa shape index (κ3) is 3.76. The van der Waals surface area contributed by atoms with Crippen LogP contribution in [0, 0.1) is 0 Å². The highest BCUT2D eigenvalue weighted by molar-refractivity contribution is 5.94. The third-order valence-corrected chi connectivity index (χ3v) is 4.51. The summed E-state index contributed by atoms with van der Waals surface area (Å²) in [5.74, 6) is -0.179. The molecule has 1 saturated heterocycles. The van der Waals surface area contributed by atoms with E-state index in [4.69, 9.17) is 0 Å². The first kappa shape index (κ1) is 16.5. The molecule has 1 amide bonds. The van der Waals surface area contributed by atoms with E-state index >= 15 is 0 Å². The van der Waals surface area contributed by atoms with Crippen LogP contribution in [-0.4, -0.2) is 40.4 Å². The maximum absolute atomic E-state index is 12.2. The van der Waals surface area contributed by atoms with Gasteiger partial charge in [0.2, 0.25) is 0 Å². The standard InChI is InChI=1S/C18H24N4O2/c1-21-16(9-10-20-21)17(23)13-19-18(24)14-5-7-15(8-6-14)22-11-3-2-4-12-22/h5-10,17,23H,2-4,11-13H2,1H3,(H,19,24). The molecule has 0 saturated carbocycles. The van der Waals surface area contributed by atoms with Crippen LogP contribution in [0.3, 0.4) is 0 Å². The van der Waals surface area contributed by atoms with Crippen LogP contribution in [0.25, 0.3) is 0 Å². The molecule has 1 fully saturated rings. The minimum Gasteiger partial charge on any atom is -0.385 e. The van der Waals surface area contributed by atoms with Crippen molar-refractivity contribution in [2.45, 2.75) is 25.4 Å². The van der Waals surface area contributed by atoms with Crippen LogP contribution in [0.5, 0.6) is 0 Å². The highest BCUT2D eigenvalue weighted by Gasteiger charge is 2.15. The molecule has 1 aromatic carbocycles. The molecule has 0 radical (unpaired) electrons. The first-order chi connectivity index (χ1) is 11.6. The first-order valence-corrected chi connectivity index (χ1v) is 8.44. The summed E-state index contributed by atoms with van der Waals surface area (Å²) < 4.78 is 1.60. The Kier molecular flexibility index (Phi) is 5.15. The van der Waals surface area contributed by atoms with Crippen LogP contribution in [0.4, 0.5) is 5.69 Å². The van der Waals surface area contributed by atoms with Crippen molar-refractivity contribution >= 4 is 11.6 Å². The Labute approximate surface area is 142 Å². The summed E-state index contributed by atoms with van der Waals surface area (Å²) in [5, 5.41) is 16.9. The van der Waals surface area contributed by atoms with Crippen molar-refractivity contribution in [3.63, 3.8) is 0 Å². The third-order valence-electron chi connectivity index (χ3n) is 4.51. The lowest BCUT2D eigenvalue weighted by Crippen LogP contribution is -2.30. The first-order valence-electron chi connectivity index (χ1n) is 8.44. The molecule has 3 rings (SSSR count). The summed E-state index contributed by atoms with van der Waals surface area (Å²) in [6.07, 6.45) is 4.62. The van der Waals surface area contributed by atoms with Gasteiger partial charge in [0.1, 0.15) is 6.10 Å². The maximum Gasteiger partial charge on any atom is 0.251 e. The lowest BCUT2D eigenvalue weighted by Gasteiger charge is -2.28. The number of carbonyl (C=O) groups is 1. The predicted molar refractivity (Wildman–Crippen MR) is 93.0 cm³/mol. The number of aromatic nitrogens is 2. The minimum absolute atomic E-state index is 0.159. The Morgan fingerprint density at radius 3 is 2.54 bits per heavy atom. The van der Waals surface area contributed by atoms with Crippen LogP contribution in [0.2, 0.25) is 0 Å².